The second kappa shape index (κ2) is 9.20. The minimum absolute atomic E-state index is 0.0568. The molecule has 1 aliphatic rings. The summed E-state index contributed by atoms with van der Waals surface area (Å²) in [4.78, 5) is 34.6. The lowest BCUT2D eigenvalue weighted by Crippen LogP contribution is -2.34. The second-order valence-corrected chi connectivity index (χ2v) is 8.07. The van der Waals surface area contributed by atoms with Crippen LogP contribution in [0, 0.1) is 0 Å². The summed E-state index contributed by atoms with van der Waals surface area (Å²) < 4.78 is 5.42. The number of para-hydroxylation sites is 1. The van der Waals surface area contributed by atoms with Crippen LogP contribution in [0.1, 0.15) is 40.4 Å². The van der Waals surface area contributed by atoms with Crippen molar-refractivity contribution in [1.29, 1.82) is 0 Å². The smallest absolute Gasteiger partial charge is 0.339 e. The minimum Gasteiger partial charge on any atom is -0.452 e. The van der Waals surface area contributed by atoms with Crippen molar-refractivity contribution in [2.45, 2.75) is 25.3 Å². The fourth-order valence-corrected chi connectivity index (χ4v) is 4.34. The second-order valence-electron chi connectivity index (χ2n) is 8.07. The molecular weight excluding hydrogens is 414 g/mol. The van der Waals surface area contributed by atoms with Gasteiger partial charge in [-0.2, -0.15) is 0 Å². The van der Waals surface area contributed by atoms with E-state index in [0.717, 1.165) is 24.8 Å². The van der Waals surface area contributed by atoms with E-state index in [1.165, 1.54) is 5.56 Å². The molecule has 164 valence electrons. The lowest BCUT2D eigenvalue weighted by Gasteiger charge is -2.26. The normalized spacial score (nSPS) is 15.0. The molecule has 2 heterocycles. The number of pyridine rings is 2. The van der Waals surface area contributed by atoms with E-state index in [1.54, 1.807) is 12.3 Å². The van der Waals surface area contributed by atoms with Crippen LogP contribution in [0.25, 0.3) is 22.3 Å². The van der Waals surface area contributed by atoms with E-state index in [2.05, 4.69) is 21.4 Å². The van der Waals surface area contributed by atoms with Gasteiger partial charge in [0.05, 0.1) is 28.5 Å². The molecule has 0 radical (unpaired) electrons. The Kier molecular flexibility index (Phi) is 5.81. The van der Waals surface area contributed by atoms with Gasteiger partial charge in [0.25, 0.3) is 5.91 Å². The number of nitrogens with zero attached hydrogens (tertiary/aromatic N) is 2. The third kappa shape index (κ3) is 4.46. The zero-order valence-corrected chi connectivity index (χ0v) is 18.0. The number of benzene rings is 2. The maximum absolute atomic E-state index is 13.0. The van der Waals surface area contributed by atoms with Crippen molar-refractivity contribution < 1.29 is 14.3 Å². The van der Waals surface area contributed by atoms with Gasteiger partial charge >= 0.3 is 5.97 Å². The first-order valence-electron chi connectivity index (χ1n) is 11.0. The molecule has 6 heteroatoms. The number of carbonyl (C=O) groups excluding carboxylic acids is 2. The van der Waals surface area contributed by atoms with Crippen molar-refractivity contribution in [3.63, 3.8) is 0 Å². The average Bonchev–Trinajstić information content (AvgIpc) is 2.87. The summed E-state index contributed by atoms with van der Waals surface area (Å²) in [5.41, 5.74) is 4.66. The number of nitrogens with one attached hydrogen (secondary N) is 1. The summed E-state index contributed by atoms with van der Waals surface area (Å²) in [5, 5.41) is 3.69. The first-order valence-corrected chi connectivity index (χ1v) is 11.0. The van der Waals surface area contributed by atoms with Crippen molar-refractivity contribution in [1.82, 2.24) is 15.3 Å². The van der Waals surface area contributed by atoms with E-state index in [0.29, 0.717) is 27.9 Å². The van der Waals surface area contributed by atoms with Gasteiger partial charge in [0.1, 0.15) is 0 Å². The van der Waals surface area contributed by atoms with Crippen LogP contribution in [0.15, 0.2) is 79.0 Å². The van der Waals surface area contributed by atoms with Crippen LogP contribution in [0.5, 0.6) is 0 Å². The lowest BCUT2D eigenvalue weighted by atomic mass is 9.88. The van der Waals surface area contributed by atoms with E-state index >= 15 is 0 Å². The number of aromatic nitrogens is 2. The van der Waals surface area contributed by atoms with Crippen molar-refractivity contribution in [2.24, 2.45) is 0 Å². The van der Waals surface area contributed by atoms with E-state index in [4.69, 9.17) is 4.74 Å². The minimum atomic E-state index is -0.565. The number of rotatable bonds is 5. The monoisotopic (exact) mass is 437 g/mol. The van der Waals surface area contributed by atoms with Gasteiger partial charge in [0.15, 0.2) is 6.61 Å². The summed E-state index contributed by atoms with van der Waals surface area (Å²) in [7, 11) is 0. The molecule has 1 atom stereocenters. The first kappa shape index (κ1) is 20.8. The molecule has 33 heavy (non-hydrogen) atoms. The summed E-state index contributed by atoms with van der Waals surface area (Å²) in [6.07, 6.45) is 4.59. The molecule has 2 aromatic carbocycles. The molecule has 0 saturated carbocycles. The number of carbonyl (C=O) groups is 2. The molecule has 2 aromatic heterocycles. The Labute approximate surface area is 191 Å². The predicted octanol–water partition coefficient (Wildman–Crippen LogP) is 4.65. The average molecular weight is 437 g/mol. The van der Waals surface area contributed by atoms with Crippen molar-refractivity contribution >= 4 is 22.8 Å². The molecule has 0 fully saturated rings. The van der Waals surface area contributed by atoms with Gasteiger partial charge < -0.3 is 10.1 Å². The molecule has 1 amide bonds. The first-order chi connectivity index (χ1) is 16.2. The molecule has 6 nitrogen and oxygen atoms in total. The van der Waals surface area contributed by atoms with Crippen LogP contribution in [-0.4, -0.2) is 28.5 Å². The van der Waals surface area contributed by atoms with E-state index in [9.17, 15) is 9.59 Å². The summed E-state index contributed by atoms with van der Waals surface area (Å²) in [6, 6.07) is 22.6. The maximum atomic E-state index is 13.0. The van der Waals surface area contributed by atoms with Gasteiger partial charge in [-0.15, -0.1) is 0 Å². The summed E-state index contributed by atoms with van der Waals surface area (Å²) in [5.74, 6) is -0.877. The third-order valence-electron chi connectivity index (χ3n) is 5.90. The highest BCUT2D eigenvalue weighted by molar-refractivity contribution is 6.05. The van der Waals surface area contributed by atoms with Crippen LogP contribution in [-0.2, 0) is 16.0 Å². The number of amides is 1. The highest BCUT2D eigenvalue weighted by atomic mass is 16.5. The van der Waals surface area contributed by atoms with Crippen molar-refractivity contribution in [3.05, 3.63) is 95.7 Å². The van der Waals surface area contributed by atoms with Gasteiger partial charge in [0, 0.05) is 11.6 Å². The Balaban J connectivity index is 1.33. The Bertz CT molecular complexity index is 1320. The molecule has 0 spiro atoms. The number of aryl methyl sites for hydroxylation is 1. The van der Waals surface area contributed by atoms with Crippen LogP contribution in [0.4, 0.5) is 0 Å². The lowest BCUT2D eigenvalue weighted by molar-refractivity contribution is -0.125. The van der Waals surface area contributed by atoms with Gasteiger partial charge in [-0.05, 0) is 54.7 Å². The van der Waals surface area contributed by atoms with Gasteiger partial charge in [-0.1, -0.05) is 48.5 Å². The number of esters is 1. The highest BCUT2D eigenvalue weighted by Gasteiger charge is 2.22. The largest absolute Gasteiger partial charge is 0.452 e. The molecule has 5 rings (SSSR count). The molecule has 0 aliphatic heterocycles. The zero-order chi connectivity index (χ0) is 22.6. The quantitative estimate of drug-likeness (QED) is 0.460. The van der Waals surface area contributed by atoms with Crippen LogP contribution >= 0.6 is 0 Å². The topological polar surface area (TPSA) is 81.2 Å². The predicted molar refractivity (Wildman–Crippen MR) is 126 cm³/mol. The fourth-order valence-electron chi connectivity index (χ4n) is 4.34. The summed E-state index contributed by atoms with van der Waals surface area (Å²) in [6.45, 7) is -0.340. The van der Waals surface area contributed by atoms with E-state index in [-0.39, 0.29) is 18.6 Å². The van der Waals surface area contributed by atoms with Crippen LogP contribution in [0.2, 0.25) is 0 Å². The van der Waals surface area contributed by atoms with Gasteiger partial charge in [-0.3, -0.25) is 9.78 Å². The van der Waals surface area contributed by atoms with E-state index in [1.807, 2.05) is 60.7 Å². The number of fused-ring (bicyclic) bond motifs is 2. The summed E-state index contributed by atoms with van der Waals surface area (Å²) >= 11 is 0. The molecular formula is C27H23N3O3. The molecule has 1 N–H and O–H groups in total. The van der Waals surface area contributed by atoms with Crippen molar-refractivity contribution in [3.8, 4) is 11.4 Å². The molecule has 1 aliphatic carbocycles. The standard InChI is InChI=1S/C27H23N3O3/c31-26(30-22-14-7-9-18-8-1-2-10-19(18)22)17-33-27(32)21-16-25(24-13-5-6-15-28-24)29-23-12-4-3-11-20(21)23/h1-6,8,10-13,15-16,22H,7,9,14,17H2,(H,30,31). The van der Waals surface area contributed by atoms with E-state index < -0.39 is 5.97 Å². The Morgan fingerprint density at radius 2 is 1.79 bits per heavy atom. The van der Waals surface area contributed by atoms with Crippen molar-refractivity contribution in [2.75, 3.05) is 6.61 Å². The molecule has 0 bridgehead atoms. The maximum Gasteiger partial charge on any atom is 0.339 e. The molecule has 4 aromatic rings. The van der Waals surface area contributed by atoms with Gasteiger partial charge in [0.2, 0.25) is 0 Å². The molecule has 0 saturated heterocycles. The third-order valence-corrected chi connectivity index (χ3v) is 5.90. The SMILES string of the molecule is O=C(COC(=O)c1cc(-c2ccccn2)nc2ccccc12)NC1CCCc2ccccc21. The highest BCUT2D eigenvalue weighted by Crippen LogP contribution is 2.29. The Hall–Kier alpha value is -4.06. The zero-order valence-electron chi connectivity index (χ0n) is 18.0. The number of hydrogen-bond acceptors (Lipinski definition) is 5. The van der Waals surface area contributed by atoms with Gasteiger partial charge in [-0.25, -0.2) is 9.78 Å². The van der Waals surface area contributed by atoms with Crippen LogP contribution < -0.4 is 5.32 Å². The number of hydrogen-bond donors (Lipinski definition) is 1. The van der Waals surface area contributed by atoms with Crippen LogP contribution in [0.3, 0.4) is 0 Å². The number of ether oxygens (including phenoxy) is 1. The Morgan fingerprint density at radius 3 is 2.67 bits per heavy atom. The fraction of sp³-hybridized carbons (Fsp3) is 0.185. The Morgan fingerprint density at radius 1 is 0.970 bits per heavy atom. The molecule has 1 unspecified atom stereocenters.